The smallest absolute Gasteiger partial charge is 0.402 e. The molecule has 0 aromatic carbocycles. The largest absolute Gasteiger partial charge is 0.459 e. The highest BCUT2D eigenvalue weighted by molar-refractivity contribution is 8.00. The van der Waals surface area contributed by atoms with E-state index in [1.54, 1.807) is 20.8 Å². The van der Waals surface area contributed by atoms with Gasteiger partial charge in [-0.05, 0) is 27.7 Å². The van der Waals surface area contributed by atoms with Crippen molar-refractivity contribution in [3.63, 3.8) is 0 Å². The van der Waals surface area contributed by atoms with Crippen molar-refractivity contribution in [3.05, 3.63) is 0 Å². The van der Waals surface area contributed by atoms with Gasteiger partial charge in [-0.15, -0.1) is 11.8 Å². The first-order valence-electron chi connectivity index (χ1n) is 5.09. The van der Waals surface area contributed by atoms with Gasteiger partial charge in [0.05, 0.1) is 5.75 Å². The van der Waals surface area contributed by atoms with Crippen LogP contribution in [0.5, 0.6) is 0 Å². The van der Waals surface area contributed by atoms with Gasteiger partial charge in [-0.2, -0.15) is 13.2 Å². The Morgan fingerprint density at radius 1 is 1.35 bits per heavy atom. The normalized spacial score (nSPS) is 16.5. The van der Waals surface area contributed by atoms with Gasteiger partial charge in [-0.3, -0.25) is 4.79 Å². The summed E-state index contributed by atoms with van der Waals surface area (Å²) in [5.74, 6) is -1.03. The van der Waals surface area contributed by atoms with E-state index in [-0.39, 0.29) is 5.75 Å². The van der Waals surface area contributed by atoms with Gasteiger partial charge in [-0.1, -0.05) is 0 Å². The summed E-state index contributed by atoms with van der Waals surface area (Å²) in [6.45, 7) is 6.23. The molecular formula is C10H18F3NO2S. The Balaban J connectivity index is 4.29. The number of rotatable bonds is 4. The van der Waals surface area contributed by atoms with Crippen molar-refractivity contribution in [2.75, 3.05) is 5.75 Å². The van der Waals surface area contributed by atoms with Crippen LogP contribution in [-0.2, 0) is 9.53 Å². The zero-order valence-corrected chi connectivity index (χ0v) is 11.1. The standard InChI is InChI=1S/C10H18F3NO2S/c1-6(14)8(10(11,12)13)17-5-7(15)16-9(2,3)4/h6,8H,5,14H2,1-4H3. The molecule has 0 aromatic heterocycles. The average molecular weight is 273 g/mol. The molecule has 0 spiro atoms. The zero-order chi connectivity index (χ0) is 13.9. The Morgan fingerprint density at radius 2 is 1.82 bits per heavy atom. The van der Waals surface area contributed by atoms with Crippen LogP contribution in [0.3, 0.4) is 0 Å². The number of esters is 1. The number of nitrogens with two attached hydrogens (primary N) is 1. The Bertz CT molecular complexity index is 261. The third-order valence-electron chi connectivity index (χ3n) is 1.60. The molecule has 2 N–H and O–H groups in total. The minimum atomic E-state index is -4.42. The minimum Gasteiger partial charge on any atom is -0.459 e. The second-order valence-electron chi connectivity index (χ2n) is 4.72. The van der Waals surface area contributed by atoms with Crippen LogP contribution >= 0.6 is 11.8 Å². The maximum atomic E-state index is 12.5. The summed E-state index contributed by atoms with van der Waals surface area (Å²) in [4.78, 5) is 11.3. The van der Waals surface area contributed by atoms with Crippen LogP contribution < -0.4 is 5.73 Å². The molecule has 7 heteroatoms. The van der Waals surface area contributed by atoms with Crippen LogP contribution in [0, 0.1) is 0 Å². The van der Waals surface area contributed by atoms with E-state index in [1.807, 2.05) is 0 Å². The highest BCUT2D eigenvalue weighted by Crippen LogP contribution is 2.32. The molecule has 0 bridgehead atoms. The zero-order valence-electron chi connectivity index (χ0n) is 10.3. The lowest BCUT2D eigenvalue weighted by atomic mass is 10.2. The summed E-state index contributed by atoms with van der Waals surface area (Å²) >= 11 is 0.461. The van der Waals surface area contributed by atoms with Gasteiger partial charge in [0.25, 0.3) is 0 Å². The van der Waals surface area contributed by atoms with Crippen molar-refractivity contribution < 1.29 is 22.7 Å². The average Bonchev–Trinajstić information content (AvgIpc) is 1.96. The number of carbonyl (C=O) groups excluding carboxylic acids is 1. The van der Waals surface area contributed by atoms with E-state index in [0.29, 0.717) is 11.8 Å². The number of carbonyl (C=O) groups is 1. The Kier molecular flexibility index (Phi) is 5.80. The molecule has 0 aliphatic carbocycles. The molecule has 0 saturated carbocycles. The summed E-state index contributed by atoms with van der Waals surface area (Å²) in [7, 11) is 0. The van der Waals surface area contributed by atoms with Crippen molar-refractivity contribution in [2.24, 2.45) is 5.73 Å². The molecule has 0 amide bonds. The highest BCUT2D eigenvalue weighted by atomic mass is 32.2. The fourth-order valence-electron chi connectivity index (χ4n) is 1.07. The molecular weight excluding hydrogens is 255 g/mol. The molecule has 2 unspecified atom stereocenters. The molecule has 0 aliphatic rings. The van der Waals surface area contributed by atoms with E-state index in [1.165, 1.54) is 6.92 Å². The van der Waals surface area contributed by atoms with E-state index in [4.69, 9.17) is 10.5 Å². The van der Waals surface area contributed by atoms with Crippen LogP contribution in [0.1, 0.15) is 27.7 Å². The van der Waals surface area contributed by atoms with E-state index >= 15 is 0 Å². The number of hydrogen-bond acceptors (Lipinski definition) is 4. The summed E-state index contributed by atoms with van der Waals surface area (Å²) in [5.41, 5.74) is 4.55. The van der Waals surface area contributed by atoms with Gasteiger partial charge in [-0.25, -0.2) is 0 Å². The van der Waals surface area contributed by atoms with Crippen molar-refractivity contribution >= 4 is 17.7 Å². The highest BCUT2D eigenvalue weighted by Gasteiger charge is 2.42. The third-order valence-corrected chi connectivity index (χ3v) is 3.06. The van der Waals surface area contributed by atoms with Gasteiger partial charge in [0.1, 0.15) is 10.9 Å². The SMILES string of the molecule is CC(N)C(SCC(=O)OC(C)(C)C)C(F)(F)F. The molecule has 17 heavy (non-hydrogen) atoms. The maximum Gasteiger partial charge on any atom is 0.402 e. The second kappa shape index (κ2) is 5.95. The molecule has 0 heterocycles. The van der Waals surface area contributed by atoms with Gasteiger partial charge < -0.3 is 10.5 Å². The minimum absolute atomic E-state index is 0.358. The van der Waals surface area contributed by atoms with E-state index in [2.05, 4.69) is 0 Å². The maximum absolute atomic E-state index is 12.5. The Morgan fingerprint density at radius 3 is 2.12 bits per heavy atom. The fraction of sp³-hybridized carbons (Fsp3) is 0.900. The van der Waals surface area contributed by atoms with Gasteiger partial charge >= 0.3 is 12.1 Å². The predicted octanol–water partition coefficient (Wildman–Crippen LogP) is 2.34. The van der Waals surface area contributed by atoms with Crippen LogP contribution in [0.15, 0.2) is 0 Å². The van der Waals surface area contributed by atoms with Crippen LogP contribution in [0.25, 0.3) is 0 Å². The van der Waals surface area contributed by atoms with Crippen molar-refractivity contribution in [1.82, 2.24) is 0 Å². The van der Waals surface area contributed by atoms with Crippen LogP contribution in [0.4, 0.5) is 13.2 Å². The number of ether oxygens (including phenoxy) is 1. The monoisotopic (exact) mass is 273 g/mol. The Labute approximate surface area is 103 Å². The fourth-order valence-corrected chi connectivity index (χ4v) is 1.94. The van der Waals surface area contributed by atoms with Crippen molar-refractivity contribution in [2.45, 2.75) is 50.8 Å². The molecule has 0 radical (unpaired) electrons. The topological polar surface area (TPSA) is 52.3 Å². The summed E-state index contributed by atoms with van der Waals surface area (Å²) in [6, 6.07) is -1.07. The van der Waals surface area contributed by atoms with Gasteiger partial charge in [0.2, 0.25) is 0 Å². The molecule has 102 valence electrons. The first kappa shape index (κ1) is 16.6. The lowest BCUT2D eigenvalue weighted by Gasteiger charge is -2.24. The first-order chi connectivity index (χ1) is 7.43. The third kappa shape index (κ3) is 7.49. The van der Waals surface area contributed by atoms with Crippen molar-refractivity contribution in [3.8, 4) is 0 Å². The van der Waals surface area contributed by atoms with Crippen LogP contribution in [0.2, 0.25) is 0 Å². The quantitative estimate of drug-likeness (QED) is 0.799. The molecule has 0 aromatic rings. The molecule has 0 fully saturated rings. The number of thioether (sulfide) groups is 1. The van der Waals surface area contributed by atoms with Gasteiger partial charge in [0, 0.05) is 6.04 Å². The molecule has 0 aliphatic heterocycles. The number of alkyl halides is 3. The first-order valence-corrected chi connectivity index (χ1v) is 6.14. The molecule has 2 atom stereocenters. The lowest BCUT2D eigenvalue weighted by Crippen LogP contribution is -2.41. The van der Waals surface area contributed by atoms with Gasteiger partial charge in [0.15, 0.2) is 0 Å². The predicted molar refractivity (Wildman–Crippen MR) is 61.8 cm³/mol. The molecule has 0 saturated heterocycles. The summed E-state index contributed by atoms with van der Waals surface area (Å²) in [6.07, 6.45) is -4.42. The van der Waals surface area contributed by atoms with E-state index in [9.17, 15) is 18.0 Å². The molecule has 3 nitrogen and oxygen atoms in total. The van der Waals surface area contributed by atoms with Crippen molar-refractivity contribution in [1.29, 1.82) is 0 Å². The molecule has 0 rings (SSSR count). The van der Waals surface area contributed by atoms with E-state index < -0.39 is 29.0 Å². The van der Waals surface area contributed by atoms with Crippen LogP contribution in [-0.4, -0.2) is 34.8 Å². The number of halogens is 3. The summed E-state index contributed by atoms with van der Waals surface area (Å²) < 4.78 is 42.4. The summed E-state index contributed by atoms with van der Waals surface area (Å²) in [5, 5.41) is -1.75. The number of hydrogen-bond donors (Lipinski definition) is 1. The second-order valence-corrected chi connectivity index (χ2v) is 5.85. The lowest BCUT2D eigenvalue weighted by molar-refractivity contribution is -0.151. The Hall–Kier alpha value is -0.430. The van der Waals surface area contributed by atoms with E-state index in [0.717, 1.165) is 0 Å².